The zero-order valence-corrected chi connectivity index (χ0v) is 15.2. The molecule has 0 bridgehead atoms. The summed E-state index contributed by atoms with van der Waals surface area (Å²) in [5.41, 5.74) is 1.87. The average molecular weight is 409 g/mol. The first-order valence-electron chi connectivity index (χ1n) is 6.54. The van der Waals surface area contributed by atoms with Crippen molar-refractivity contribution in [1.82, 2.24) is 0 Å². The van der Waals surface area contributed by atoms with Crippen molar-refractivity contribution in [3.63, 3.8) is 0 Å². The highest BCUT2D eigenvalue weighted by molar-refractivity contribution is 9.10. The predicted octanol–water partition coefficient (Wildman–Crippen LogP) is 6.87. The number of benzene rings is 2. The topological polar surface area (TPSA) is 9.23 Å². The molecule has 21 heavy (non-hydrogen) atoms. The quantitative estimate of drug-likeness (QED) is 0.490. The minimum atomic E-state index is -0.295. The first-order valence-corrected chi connectivity index (χ1v) is 8.52. The van der Waals surface area contributed by atoms with Crippen molar-refractivity contribution >= 4 is 50.7 Å². The van der Waals surface area contributed by atoms with E-state index in [-0.39, 0.29) is 5.38 Å². The minimum absolute atomic E-state index is 0.295. The van der Waals surface area contributed by atoms with E-state index >= 15 is 0 Å². The third kappa shape index (κ3) is 4.29. The summed E-state index contributed by atoms with van der Waals surface area (Å²) in [6.07, 6.45) is 0.968. The van der Waals surface area contributed by atoms with Crippen molar-refractivity contribution in [3.05, 3.63) is 62.0 Å². The van der Waals surface area contributed by atoms with Gasteiger partial charge in [-0.3, -0.25) is 0 Å². The largest absolute Gasteiger partial charge is 0.492 e. The zero-order valence-electron chi connectivity index (χ0n) is 11.4. The van der Waals surface area contributed by atoms with Gasteiger partial charge in [0.1, 0.15) is 5.75 Å². The van der Waals surface area contributed by atoms with Gasteiger partial charge in [-0.2, -0.15) is 0 Å². The van der Waals surface area contributed by atoms with E-state index in [0.717, 1.165) is 27.8 Å². The van der Waals surface area contributed by atoms with Crippen molar-refractivity contribution < 1.29 is 4.74 Å². The molecule has 1 unspecified atom stereocenters. The molecule has 0 amide bonds. The lowest BCUT2D eigenvalue weighted by Gasteiger charge is -2.14. The Labute approximate surface area is 148 Å². The van der Waals surface area contributed by atoms with Crippen LogP contribution in [0.5, 0.6) is 5.75 Å². The SMILES string of the molecule is CCCOc1ccc(C(Cl)c2ccc(Cl)c(Cl)c2)cc1Br. The van der Waals surface area contributed by atoms with Crippen LogP contribution in [0.1, 0.15) is 29.8 Å². The molecule has 1 atom stereocenters. The Morgan fingerprint density at radius 3 is 2.33 bits per heavy atom. The molecule has 0 spiro atoms. The van der Waals surface area contributed by atoms with E-state index in [4.69, 9.17) is 39.5 Å². The summed E-state index contributed by atoms with van der Waals surface area (Å²) in [5.74, 6) is 0.818. The number of alkyl halides is 1. The highest BCUT2D eigenvalue weighted by Crippen LogP contribution is 2.36. The van der Waals surface area contributed by atoms with Crippen molar-refractivity contribution in [2.75, 3.05) is 6.61 Å². The van der Waals surface area contributed by atoms with Gasteiger partial charge in [-0.1, -0.05) is 42.3 Å². The molecular weight excluding hydrogens is 394 g/mol. The number of rotatable bonds is 5. The minimum Gasteiger partial charge on any atom is -0.492 e. The average Bonchev–Trinajstić information content (AvgIpc) is 2.48. The van der Waals surface area contributed by atoms with Crippen molar-refractivity contribution in [2.45, 2.75) is 18.7 Å². The molecule has 0 fully saturated rings. The van der Waals surface area contributed by atoms with E-state index in [1.807, 2.05) is 24.3 Å². The van der Waals surface area contributed by atoms with Crippen LogP contribution in [0.3, 0.4) is 0 Å². The van der Waals surface area contributed by atoms with Gasteiger partial charge in [-0.05, 0) is 57.7 Å². The van der Waals surface area contributed by atoms with Gasteiger partial charge in [0, 0.05) is 0 Å². The molecule has 0 aliphatic carbocycles. The molecule has 0 saturated heterocycles. The van der Waals surface area contributed by atoms with Crippen LogP contribution in [-0.4, -0.2) is 6.61 Å². The Balaban J connectivity index is 2.24. The van der Waals surface area contributed by atoms with Crippen molar-refractivity contribution in [1.29, 1.82) is 0 Å². The van der Waals surface area contributed by atoms with Crippen molar-refractivity contribution in [3.8, 4) is 5.75 Å². The summed E-state index contributed by atoms with van der Waals surface area (Å²) in [6.45, 7) is 2.76. The molecule has 2 aromatic carbocycles. The molecule has 0 N–H and O–H groups in total. The standard InChI is InChI=1S/C16H14BrCl3O/c1-2-7-21-15-6-4-10(8-12(15)17)16(20)11-3-5-13(18)14(19)9-11/h3-6,8-9,16H,2,7H2,1H3. The summed E-state index contributed by atoms with van der Waals surface area (Å²) in [5, 5.41) is 0.729. The first kappa shape index (κ1) is 17.0. The molecule has 2 aromatic rings. The maximum absolute atomic E-state index is 6.52. The molecular formula is C16H14BrCl3O. The van der Waals surface area contributed by atoms with Crippen LogP contribution in [0.15, 0.2) is 40.9 Å². The van der Waals surface area contributed by atoms with E-state index < -0.39 is 0 Å². The lowest BCUT2D eigenvalue weighted by Crippen LogP contribution is -1.98. The van der Waals surface area contributed by atoms with E-state index in [1.54, 1.807) is 12.1 Å². The molecule has 112 valence electrons. The second-order valence-corrected chi connectivity index (χ2v) is 6.68. The Kier molecular flexibility index (Phi) is 6.24. The van der Waals surface area contributed by atoms with Crippen LogP contribution in [0.25, 0.3) is 0 Å². The van der Waals surface area contributed by atoms with Gasteiger partial charge in [-0.15, -0.1) is 11.6 Å². The fourth-order valence-electron chi connectivity index (χ4n) is 1.87. The number of ether oxygens (including phenoxy) is 1. The molecule has 0 radical (unpaired) electrons. The van der Waals surface area contributed by atoms with Gasteiger partial charge in [0.05, 0.1) is 26.5 Å². The van der Waals surface area contributed by atoms with Gasteiger partial charge in [-0.25, -0.2) is 0 Å². The molecule has 2 rings (SSSR count). The maximum atomic E-state index is 6.52. The van der Waals surface area contributed by atoms with Gasteiger partial charge in [0.2, 0.25) is 0 Å². The smallest absolute Gasteiger partial charge is 0.133 e. The van der Waals surface area contributed by atoms with Crippen LogP contribution in [-0.2, 0) is 0 Å². The fraction of sp³-hybridized carbons (Fsp3) is 0.250. The Hall–Kier alpha value is -0.410. The fourth-order valence-corrected chi connectivity index (χ4v) is 2.96. The van der Waals surface area contributed by atoms with E-state index in [1.165, 1.54) is 0 Å². The number of halogens is 4. The second-order valence-electron chi connectivity index (χ2n) is 4.57. The highest BCUT2D eigenvalue weighted by atomic mass is 79.9. The number of hydrogen-bond donors (Lipinski definition) is 0. The highest BCUT2D eigenvalue weighted by Gasteiger charge is 2.14. The second kappa shape index (κ2) is 7.73. The van der Waals surface area contributed by atoms with Gasteiger partial charge in [0.15, 0.2) is 0 Å². The summed E-state index contributed by atoms with van der Waals surface area (Å²) in [6, 6.07) is 11.3. The molecule has 1 nitrogen and oxygen atoms in total. The van der Waals surface area contributed by atoms with Crippen LogP contribution < -0.4 is 4.74 Å². The summed E-state index contributed by atoms with van der Waals surface area (Å²) < 4.78 is 6.52. The van der Waals surface area contributed by atoms with Crippen LogP contribution in [0, 0.1) is 0 Å². The summed E-state index contributed by atoms with van der Waals surface area (Å²) in [4.78, 5) is 0. The molecule has 0 saturated carbocycles. The van der Waals surface area contributed by atoms with E-state index in [2.05, 4.69) is 22.9 Å². The van der Waals surface area contributed by atoms with Gasteiger partial charge >= 0.3 is 0 Å². The maximum Gasteiger partial charge on any atom is 0.133 e. The van der Waals surface area contributed by atoms with Crippen LogP contribution in [0.2, 0.25) is 10.0 Å². The molecule has 0 aromatic heterocycles. The van der Waals surface area contributed by atoms with Gasteiger partial charge < -0.3 is 4.74 Å². The Morgan fingerprint density at radius 2 is 1.71 bits per heavy atom. The number of hydrogen-bond acceptors (Lipinski definition) is 1. The first-order chi connectivity index (χ1) is 10.0. The van der Waals surface area contributed by atoms with Gasteiger partial charge in [0.25, 0.3) is 0 Å². The Morgan fingerprint density at radius 1 is 1.05 bits per heavy atom. The third-order valence-electron chi connectivity index (χ3n) is 2.95. The van der Waals surface area contributed by atoms with E-state index in [0.29, 0.717) is 16.7 Å². The Bertz CT molecular complexity index is 631. The summed E-state index contributed by atoms with van der Waals surface area (Å²) in [7, 11) is 0. The molecule has 0 aliphatic heterocycles. The lowest BCUT2D eigenvalue weighted by atomic mass is 10.0. The normalized spacial score (nSPS) is 12.2. The third-order valence-corrected chi connectivity index (χ3v) is 4.81. The predicted molar refractivity (Wildman–Crippen MR) is 94.1 cm³/mol. The molecule has 5 heteroatoms. The zero-order chi connectivity index (χ0) is 15.4. The van der Waals surface area contributed by atoms with Crippen molar-refractivity contribution in [2.24, 2.45) is 0 Å². The lowest BCUT2D eigenvalue weighted by molar-refractivity contribution is 0.315. The molecule has 0 heterocycles. The molecule has 0 aliphatic rings. The van der Waals surface area contributed by atoms with Crippen LogP contribution >= 0.6 is 50.7 Å². The van der Waals surface area contributed by atoms with Crippen LogP contribution in [0.4, 0.5) is 0 Å². The monoisotopic (exact) mass is 406 g/mol. The summed E-state index contributed by atoms with van der Waals surface area (Å²) >= 11 is 22.0. The van der Waals surface area contributed by atoms with E-state index in [9.17, 15) is 0 Å².